The van der Waals surface area contributed by atoms with E-state index >= 15 is 0 Å². The summed E-state index contributed by atoms with van der Waals surface area (Å²) >= 11 is 0. The molecule has 0 spiro atoms. The number of allylic oxidation sites excluding steroid dienone is 1. The van der Waals surface area contributed by atoms with E-state index < -0.39 is 65.3 Å². The average Bonchev–Trinajstić information content (AvgIpc) is 3.27. The zero-order valence-corrected chi connectivity index (χ0v) is 27.4. The van der Waals surface area contributed by atoms with Crippen molar-refractivity contribution in [2.24, 2.45) is 28.6 Å². The Hall–Kier alpha value is -3.12. The molecule has 4 aliphatic carbocycles. The van der Waals surface area contributed by atoms with Crippen molar-refractivity contribution >= 4 is 35.3 Å². The van der Waals surface area contributed by atoms with Gasteiger partial charge in [0.1, 0.15) is 17.7 Å². The standard InChI is InChI=1S/C34H50N2O10/c1-5-6-7-24(31(43)44)36-30(42)19(2)35-27(40)10-11-28(41)46-18-26(39)34(45)15-13-23-22-9-8-20-16-21(37)12-14-32(20,3)29(22)25(38)17-33(23,34)4/h16,19,22-25,29,38,45H,5-15,17-18H2,1-4H3,(H,35,40)(H,36,42)(H,43,44)/t19-,22-,23-,24-,25-,29+,32-,33-,34-/m0/s1. The third-order valence-corrected chi connectivity index (χ3v) is 11.7. The predicted octanol–water partition coefficient (Wildman–Crippen LogP) is 2.38. The number of carboxylic acids is 1. The van der Waals surface area contributed by atoms with Gasteiger partial charge in [0.05, 0.1) is 12.5 Å². The predicted molar refractivity (Wildman–Crippen MR) is 165 cm³/mol. The normalized spacial score (nSPS) is 34.6. The van der Waals surface area contributed by atoms with Gasteiger partial charge < -0.3 is 30.7 Å². The molecular formula is C34H50N2O10. The van der Waals surface area contributed by atoms with Crippen LogP contribution in [0.15, 0.2) is 11.6 Å². The molecule has 5 N–H and O–H groups in total. The number of Topliss-reactive ketones (excluding diaryl/α,β-unsaturated/α-hetero) is 1. The van der Waals surface area contributed by atoms with Crippen molar-refractivity contribution in [1.29, 1.82) is 0 Å². The Morgan fingerprint density at radius 2 is 1.78 bits per heavy atom. The number of unbranched alkanes of at least 4 members (excludes halogenated alkanes) is 1. The van der Waals surface area contributed by atoms with Crippen molar-refractivity contribution in [1.82, 2.24) is 10.6 Å². The molecule has 0 aromatic heterocycles. The number of nitrogens with one attached hydrogen (secondary N) is 2. The lowest BCUT2D eigenvalue weighted by atomic mass is 9.45. The molecule has 0 radical (unpaired) electrons. The molecular weight excluding hydrogens is 596 g/mol. The Bertz CT molecular complexity index is 1280. The van der Waals surface area contributed by atoms with Crippen molar-refractivity contribution in [2.45, 2.75) is 129 Å². The molecule has 3 saturated carbocycles. The molecule has 4 rings (SSSR count). The summed E-state index contributed by atoms with van der Waals surface area (Å²) in [6, 6.07) is -2.09. The number of carboxylic acid groups (broad SMARTS) is 1. The maximum absolute atomic E-state index is 13.5. The number of esters is 1. The number of fused-ring (bicyclic) bond motifs is 5. The number of hydrogen-bond acceptors (Lipinski definition) is 9. The summed E-state index contributed by atoms with van der Waals surface area (Å²) in [5.41, 5.74) is -1.88. The minimum atomic E-state index is -1.78. The van der Waals surface area contributed by atoms with Crippen LogP contribution in [0.3, 0.4) is 0 Å². The van der Waals surface area contributed by atoms with Crippen LogP contribution in [-0.2, 0) is 33.5 Å². The van der Waals surface area contributed by atoms with Crippen LogP contribution in [0, 0.1) is 28.6 Å². The minimum absolute atomic E-state index is 0.0122. The zero-order chi connectivity index (χ0) is 34.0. The maximum atomic E-state index is 13.5. The maximum Gasteiger partial charge on any atom is 0.326 e. The highest BCUT2D eigenvalue weighted by atomic mass is 16.5. The van der Waals surface area contributed by atoms with E-state index in [0.717, 1.165) is 24.8 Å². The smallest absolute Gasteiger partial charge is 0.326 e. The molecule has 0 aromatic carbocycles. The van der Waals surface area contributed by atoms with Crippen molar-refractivity contribution in [3.63, 3.8) is 0 Å². The van der Waals surface area contributed by atoms with Crippen LogP contribution in [0.1, 0.15) is 105 Å². The van der Waals surface area contributed by atoms with Gasteiger partial charge in [-0.25, -0.2) is 4.79 Å². The first-order valence-corrected chi connectivity index (χ1v) is 16.7. The van der Waals surface area contributed by atoms with Crippen molar-refractivity contribution in [3.8, 4) is 0 Å². The summed E-state index contributed by atoms with van der Waals surface area (Å²) in [6.45, 7) is 6.63. The summed E-state index contributed by atoms with van der Waals surface area (Å²) in [6.07, 6.45) is 5.66. The number of carbonyl (C=O) groups excluding carboxylic acids is 5. The number of carbonyl (C=O) groups is 6. The zero-order valence-electron chi connectivity index (χ0n) is 27.4. The lowest BCUT2D eigenvalue weighted by molar-refractivity contribution is -0.184. The Balaban J connectivity index is 1.28. The first-order chi connectivity index (χ1) is 21.6. The van der Waals surface area contributed by atoms with Crippen LogP contribution >= 0.6 is 0 Å². The molecule has 0 bridgehead atoms. The van der Waals surface area contributed by atoms with E-state index in [1.807, 2.05) is 13.8 Å². The van der Waals surface area contributed by atoms with E-state index in [4.69, 9.17) is 4.74 Å². The lowest BCUT2D eigenvalue weighted by Crippen LogP contribution is -2.62. The fourth-order valence-corrected chi connectivity index (χ4v) is 9.04. The number of rotatable bonds is 13. The minimum Gasteiger partial charge on any atom is -0.480 e. The van der Waals surface area contributed by atoms with Gasteiger partial charge in [0.15, 0.2) is 12.4 Å². The first kappa shape index (κ1) is 35.7. The third kappa shape index (κ3) is 6.79. The fraction of sp³-hybridized carbons (Fsp3) is 0.765. The van der Waals surface area contributed by atoms with Gasteiger partial charge in [-0.2, -0.15) is 0 Å². The number of ether oxygens (including phenoxy) is 1. The van der Waals surface area contributed by atoms with Gasteiger partial charge in [0.2, 0.25) is 17.6 Å². The highest BCUT2D eigenvalue weighted by Gasteiger charge is 2.68. The molecule has 0 saturated heterocycles. The molecule has 0 unspecified atom stereocenters. The van der Waals surface area contributed by atoms with Gasteiger partial charge in [0, 0.05) is 18.3 Å². The molecule has 0 heterocycles. The van der Waals surface area contributed by atoms with Gasteiger partial charge in [-0.1, -0.05) is 39.2 Å². The summed E-state index contributed by atoms with van der Waals surface area (Å²) in [5.74, 6) is -3.75. The van der Waals surface area contributed by atoms with Gasteiger partial charge >= 0.3 is 11.9 Å². The molecule has 12 nitrogen and oxygen atoms in total. The number of aliphatic hydroxyl groups excluding tert-OH is 1. The topological polar surface area (TPSA) is 196 Å². The van der Waals surface area contributed by atoms with Crippen molar-refractivity contribution in [3.05, 3.63) is 11.6 Å². The molecule has 12 heteroatoms. The molecule has 9 atom stereocenters. The third-order valence-electron chi connectivity index (χ3n) is 11.7. The first-order valence-electron chi connectivity index (χ1n) is 16.7. The molecule has 0 aromatic rings. The highest BCUT2D eigenvalue weighted by Crippen LogP contribution is 2.67. The van der Waals surface area contributed by atoms with Crippen LogP contribution in [0.5, 0.6) is 0 Å². The Labute approximate surface area is 270 Å². The quantitative estimate of drug-likeness (QED) is 0.185. The molecule has 46 heavy (non-hydrogen) atoms. The number of hydrogen-bond donors (Lipinski definition) is 5. The lowest BCUT2D eigenvalue weighted by Gasteiger charge is -2.60. The van der Waals surface area contributed by atoms with Gasteiger partial charge in [0.25, 0.3) is 0 Å². The van der Waals surface area contributed by atoms with Crippen molar-refractivity contribution in [2.75, 3.05) is 6.61 Å². The number of amides is 2. The van der Waals surface area contributed by atoms with E-state index in [1.54, 1.807) is 6.08 Å². The van der Waals surface area contributed by atoms with Crippen LogP contribution < -0.4 is 10.6 Å². The van der Waals surface area contributed by atoms with E-state index in [2.05, 4.69) is 17.6 Å². The van der Waals surface area contributed by atoms with E-state index in [0.29, 0.717) is 25.7 Å². The molecule has 4 aliphatic rings. The molecule has 0 aliphatic heterocycles. The SMILES string of the molecule is CCCC[C@H](NC(=O)[C@H](C)NC(=O)CCC(=O)OCC(=O)[C@@]1(O)CC[C@H]2[C@@H]3CCC4=CC(=O)CC[C@]4(C)[C@H]3[C@@H](O)C[C@@]21C)C(=O)O. The summed E-state index contributed by atoms with van der Waals surface area (Å²) in [4.78, 5) is 74.2. The second kappa shape index (κ2) is 13.9. The van der Waals surface area contributed by atoms with Crippen LogP contribution in [0.4, 0.5) is 0 Å². The highest BCUT2D eigenvalue weighted by molar-refractivity contribution is 5.93. The van der Waals surface area contributed by atoms with E-state index in [-0.39, 0.29) is 61.1 Å². The Morgan fingerprint density at radius 1 is 1.07 bits per heavy atom. The van der Waals surface area contributed by atoms with Gasteiger partial charge in [-0.15, -0.1) is 0 Å². The molecule has 3 fully saturated rings. The van der Waals surface area contributed by atoms with Crippen LogP contribution in [0.2, 0.25) is 0 Å². The summed E-state index contributed by atoms with van der Waals surface area (Å²) < 4.78 is 5.18. The summed E-state index contributed by atoms with van der Waals surface area (Å²) in [5, 5.41) is 37.5. The van der Waals surface area contributed by atoms with Gasteiger partial charge in [-0.05, 0) is 81.1 Å². The van der Waals surface area contributed by atoms with E-state index in [9.17, 15) is 44.1 Å². The largest absolute Gasteiger partial charge is 0.480 e. The van der Waals surface area contributed by atoms with Crippen molar-refractivity contribution < 1.29 is 48.8 Å². The Morgan fingerprint density at radius 3 is 2.46 bits per heavy atom. The number of aliphatic carboxylic acids is 1. The average molecular weight is 647 g/mol. The van der Waals surface area contributed by atoms with E-state index in [1.165, 1.54) is 6.92 Å². The second-order valence-corrected chi connectivity index (χ2v) is 14.4. The fourth-order valence-electron chi connectivity index (χ4n) is 9.04. The molecule has 256 valence electrons. The number of aliphatic hydroxyl groups is 2. The second-order valence-electron chi connectivity index (χ2n) is 14.4. The summed E-state index contributed by atoms with van der Waals surface area (Å²) in [7, 11) is 0. The van der Waals surface area contributed by atoms with Crippen LogP contribution in [-0.4, -0.2) is 81.0 Å². The van der Waals surface area contributed by atoms with Crippen LogP contribution in [0.25, 0.3) is 0 Å². The molecule has 2 amide bonds. The number of ketones is 2. The Kier molecular flexibility index (Phi) is 10.8. The monoisotopic (exact) mass is 646 g/mol. The van der Waals surface area contributed by atoms with Gasteiger partial charge in [-0.3, -0.25) is 24.0 Å².